The van der Waals surface area contributed by atoms with E-state index in [1.165, 1.54) is 0 Å². The number of hydrogen-bond acceptors (Lipinski definition) is 5. The Morgan fingerprint density at radius 2 is 1.66 bits per heavy atom. The number of aromatic nitrogens is 3. The summed E-state index contributed by atoms with van der Waals surface area (Å²) < 4.78 is 13.9. The highest BCUT2D eigenvalue weighted by molar-refractivity contribution is 6.07. The number of benzene rings is 3. The Labute approximate surface area is 184 Å². The molecule has 2 heterocycles. The quantitative estimate of drug-likeness (QED) is 0.459. The monoisotopic (exact) mass is 426 g/mol. The van der Waals surface area contributed by atoms with Gasteiger partial charge in [0.15, 0.2) is 0 Å². The van der Waals surface area contributed by atoms with E-state index in [0.29, 0.717) is 29.0 Å². The number of methoxy groups -OCH3 is 2. The van der Waals surface area contributed by atoms with Crippen LogP contribution in [0.3, 0.4) is 0 Å². The lowest BCUT2D eigenvalue weighted by molar-refractivity contribution is 0.414. The fourth-order valence-electron chi connectivity index (χ4n) is 3.99. The minimum atomic E-state index is -0.179. The number of nitrogens with zero attached hydrogens (tertiary/aromatic N) is 3. The number of hydrogen-bond donors (Lipinski definition) is 1. The third kappa shape index (κ3) is 3.15. The molecule has 2 N–H and O–H groups in total. The Hall–Kier alpha value is -4.26. The first-order valence-corrected chi connectivity index (χ1v) is 10.2. The van der Waals surface area contributed by atoms with Crippen molar-refractivity contribution in [2.75, 3.05) is 20.0 Å². The number of rotatable bonds is 5. The predicted molar refractivity (Wildman–Crippen MR) is 126 cm³/mol. The summed E-state index contributed by atoms with van der Waals surface area (Å²) in [5, 5.41) is 5.99. The average molecular weight is 426 g/mol. The summed E-state index contributed by atoms with van der Waals surface area (Å²) in [5.74, 6) is 1.75. The Kier molecular flexibility index (Phi) is 4.78. The number of fused-ring (bicyclic) bond motifs is 3. The maximum absolute atomic E-state index is 13.6. The van der Waals surface area contributed by atoms with Crippen LogP contribution in [0, 0.1) is 0 Å². The van der Waals surface area contributed by atoms with Crippen LogP contribution in [0.1, 0.15) is 5.56 Å². The lowest BCUT2D eigenvalue weighted by Crippen LogP contribution is -2.22. The summed E-state index contributed by atoms with van der Waals surface area (Å²) >= 11 is 0. The van der Waals surface area contributed by atoms with Gasteiger partial charge in [-0.15, -0.1) is 0 Å². The molecule has 0 aliphatic rings. The molecule has 3 aromatic carbocycles. The highest BCUT2D eigenvalue weighted by Crippen LogP contribution is 2.29. The first-order chi connectivity index (χ1) is 15.6. The van der Waals surface area contributed by atoms with Gasteiger partial charge >= 0.3 is 0 Å². The molecule has 7 heteroatoms. The summed E-state index contributed by atoms with van der Waals surface area (Å²) in [5.41, 5.74) is 9.40. The van der Waals surface area contributed by atoms with E-state index in [2.05, 4.69) is 0 Å². The Morgan fingerprint density at radius 1 is 0.906 bits per heavy atom. The molecule has 0 aliphatic carbocycles. The van der Waals surface area contributed by atoms with Gasteiger partial charge in [0, 0.05) is 11.5 Å². The molecule has 0 unspecified atom stereocenters. The van der Waals surface area contributed by atoms with Crippen LogP contribution in [0.4, 0.5) is 5.82 Å². The fraction of sp³-hybridized carbons (Fsp3) is 0.120. The van der Waals surface area contributed by atoms with Crippen LogP contribution in [0.15, 0.2) is 77.6 Å². The normalized spacial score (nSPS) is 11.2. The van der Waals surface area contributed by atoms with Gasteiger partial charge in [0.1, 0.15) is 28.2 Å². The van der Waals surface area contributed by atoms with Gasteiger partial charge in [-0.1, -0.05) is 36.4 Å². The van der Waals surface area contributed by atoms with E-state index in [9.17, 15) is 4.79 Å². The smallest absolute Gasteiger partial charge is 0.264 e. The molecule has 32 heavy (non-hydrogen) atoms. The molecule has 0 spiro atoms. The third-order valence-corrected chi connectivity index (χ3v) is 5.63. The van der Waals surface area contributed by atoms with E-state index in [-0.39, 0.29) is 5.56 Å². The van der Waals surface area contributed by atoms with E-state index in [4.69, 9.17) is 20.3 Å². The highest BCUT2D eigenvalue weighted by atomic mass is 16.5. The first-order valence-electron chi connectivity index (χ1n) is 10.2. The van der Waals surface area contributed by atoms with Crippen LogP contribution >= 0.6 is 0 Å². The van der Waals surface area contributed by atoms with E-state index < -0.39 is 0 Å². The average Bonchev–Trinajstić information content (AvgIpc) is 3.19. The fourth-order valence-corrected chi connectivity index (χ4v) is 3.99. The topological polar surface area (TPSA) is 84.3 Å². The summed E-state index contributed by atoms with van der Waals surface area (Å²) in [6.07, 6.45) is 0. The second kappa shape index (κ2) is 7.77. The molecular formula is C25H22N4O3. The van der Waals surface area contributed by atoms with Gasteiger partial charge < -0.3 is 19.8 Å². The van der Waals surface area contributed by atoms with Crippen LogP contribution in [-0.2, 0) is 6.54 Å². The van der Waals surface area contributed by atoms with Crippen molar-refractivity contribution >= 4 is 27.6 Å². The summed E-state index contributed by atoms with van der Waals surface area (Å²) in [4.78, 5) is 13.6. The van der Waals surface area contributed by atoms with Crippen molar-refractivity contribution in [2.45, 2.75) is 6.54 Å². The van der Waals surface area contributed by atoms with Crippen molar-refractivity contribution in [1.82, 2.24) is 14.3 Å². The van der Waals surface area contributed by atoms with E-state index in [1.54, 1.807) is 23.5 Å². The van der Waals surface area contributed by atoms with Crippen molar-refractivity contribution in [3.63, 3.8) is 0 Å². The van der Waals surface area contributed by atoms with Crippen LogP contribution in [0.5, 0.6) is 11.5 Å². The van der Waals surface area contributed by atoms with Crippen LogP contribution in [0.2, 0.25) is 0 Å². The zero-order valence-electron chi connectivity index (χ0n) is 17.8. The van der Waals surface area contributed by atoms with E-state index >= 15 is 0 Å². The molecule has 0 amide bonds. The van der Waals surface area contributed by atoms with Gasteiger partial charge in [-0.25, -0.2) is 4.68 Å². The molecule has 160 valence electrons. The van der Waals surface area contributed by atoms with E-state index in [1.807, 2.05) is 72.8 Å². The number of pyridine rings is 1. The Balaban J connectivity index is 1.75. The standard InChI is InChI=1S/C25H22N4O3/c1-31-18-12-10-16(11-13-18)15-28-21-9-4-3-8-20(21)23-22(25(28)30)24(26)29(27-23)17-6-5-7-19(14-17)32-2/h3-14H,15,26H2,1-2H3. The molecule has 7 nitrogen and oxygen atoms in total. The van der Waals surface area contributed by atoms with Crippen LogP contribution < -0.4 is 20.8 Å². The molecule has 5 rings (SSSR count). The van der Waals surface area contributed by atoms with Gasteiger partial charge in [0.05, 0.1) is 32.0 Å². The van der Waals surface area contributed by atoms with Crippen molar-refractivity contribution in [1.29, 1.82) is 0 Å². The minimum absolute atomic E-state index is 0.179. The van der Waals surface area contributed by atoms with Crippen molar-refractivity contribution in [2.24, 2.45) is 0 Å². The summed E-state index contributed by atoms with van der Waals surface area (Å²) in [6.45, 7) is 0.406. The van der Waals surface area contributed by atoms with Gasteiger partial charge in [0.2, 0.25) is 0 Å². The first kappa shape index (κ1) is 19.7. The molecule has 2 aromatic heterocycles. The Bertz CT molecular complexity index is 1500. The highest BCUT2D eigenvalue weighted by Gasteiger charge is 2.19. The molecule has 0 radical (unpaired) electrons. The number of nitrogen functional groups attached to an aromatic ring is 1. The summed E-state index contributed by atoms with van der Waals surface area (Å²) in [6, 6.07) is 22.8. The van der Waals surface area contributed by atoms with Gasteiger partial charge in [-0.2, -0.15) is 5.10 Å². The lowest BCUT2D eigenvalue weighted by atomic mass is 10.1. The number of ether oxygens (including phenoxy) is 2. The number of nitrogens with two attached hydrogens (primary N) is 1. The second-order valence-corrected chi connectivity index (χ2v) is 7.48. The van der Waals surface area contributed by atoms with Crippen molar-refractivity contribution in [3.05, 3.63) is 88.7 Å². The van der Waals surface area contributed by atoms with Gasteiger partial charge in [-0.05, 0) is 35.9 Å². The molecule has 0 saturated carbocycles. The zero-order valence-corrected chi connectivity index (χ0v) is 17.8. The minimum Gasteiger partial charge on any atom is -0.497 e. The molecular weight excluding hydrogens is 404 g/mol. The zero-order chi connectivity index (χ0) is 22.2. The van der Waals surface area contributed by atoms with Crippen molar-refractivity contribution < 1.29 is 9.47 Å². The van der Waals surface area contributed by atoms with Crippen LogP contribution in [0.25, 0.3) is 27.5 Å². The SMILES string of the molecule is COc1ccc(Cn2c(=O)c3c(N)n(-c4cccc(OC)c4)nc3c3ccccc32)cc1. The van der Waals surface area contributed by atoms with E-state index in [0.717, 1.165) is 27.9 Å². The van der Waals surface area contributed by atoms with Gasteiger partial charge in [0.25, 0.3) is 5.56 Å². The molecule has 0 fully saturated rings. The van der Waals surface area contributed by atoms with Crippen LogP contribution in [-0.4, -0.2) is 28.6 Å². The molecule has 5 aromatic rings. The molecule has 0 atom stereocenters. The number of para-hydroxylation sites is 1. The maximum atomic E-state index is 13.6. The largest absolute Gasteiger partial charge is 0.497 e. The molecule has 0 bridgehead atoms. The lowest BCUT2D eigenvalue weighted by Gasteiger charge is -2.11. The summed E-state index contributed by atoms with van der Waals surface area (Å²) in [7, 11) is 3.23. The third-order valence-electron chi connectivity index (χ3n) is 5.63. The second-order valence-electron chi connectivity index (χ2n) is 7.48. The van der Waals surface area contributed by atoms with Crippen molar-refractivity contribution in [3.8, 4) is 17.2 Å². The van der Waals surface area contributed by atoms with Gasteiger partial charge in [-0.3, -0.25) is 4.79 Å². The maximum Gasteiger partial charge on any atom is 0.264 e. The Morgan fingerprint density at radius 3 is 2.41 bits per heavy atom. The predicted octanol–water partition coefficient (Wildman–Crippen LogP) is 3.99. The molecule has 0 saturated heterocycles. The number of anilines is 1. The molecule has 0 aliphatic heterocycles.